The Morgan fingerprint density at radius 2 is 2.07 bits per heavy atom. The Hall–Kier alpha value is -2.05. The van der Waals surface area contributed by atoms with Crippen LogP contribution in [0.1, 0.15) is 50.5 Å². The molecule has 1 spiro atoms. The van der Waals surface area contributed by atoms with Crippen LogP contribution in [0.3, 0.4) is 0 Å². The van der Waals surface area contributed by atoms with E-state index in [2.05, 4.69) is 35.0 Å². The molecule has 6 heteroatoms. The first-order chi connectivity index (χ1) is 13.4. The van der Waals surface area contributed by atoms with E-state index >= 15 is 0 Å². The number of aromatic amines is 1. The molecule has 0 bridgehead atoms. The topological polar surface area (TPSA) is 70.6 Å². The van der Waals surface area contributed by atoms with E-state index in [0.717, 1.165) is 56.8 Å². The molecule has 0 amide bonds. The fourth-order valence-electron chi connectivity index (χ4n) is 5.29. The molecule has 0 radical (unpaired) electrons. The number of likely N-dealkylation sites (tertiary alicyclic amines) is 1. The number of fused-ring (bicyclic) bond motifs is 3. The minimum atomic E-state index is -0.314. The Balaban J connectivity index is 1.32. The summed E-state index contributed by atoms with van der Waals surface area (Å²) in [5.41, 5.74) is 2.18. The first-order valence-corrected chi connectivity index (χ1v) is 10.3. The number of phenolic OH excluding ortho intramolecular Hbond substituents is 1. The van der Waals surface area contributed by atoms with Crippen LogP contribution in [0.15, 0.2) is 30.5 Å². The van der Waals surface area contributed by atoms with E-state index in [1.165, 1.54) is 5.69 Å². The number of nitrogens with zero attached hydrogens (tertiary/aromatic N) is 2. The quantitative estimate of drug-likeness (QED) is 0.828. The number of hydrogen-bond donors (Lipinski definition) is 2. The van der Waals surface area contributed by atoms with Gasteiger partial charge in [-0.2, -0.15) is 5.10 Å². The Morgan fingerprint density at radius 1 is 1.25 bits per heavy atom. The molecular formula is C22H29N3O3. The first kappa shape index (κ1) is 18.0. The predicted molar refractivity (Wildman–Crippen MR) is 105 cm³/mol. The lowest BCUT2D eigenvalue weighted by atomic mass is 9.64. The summed E-state index contributed by atoms with van der Waals surface area (Å²) in [6, 6.07) is 7.46. The van der Waals surface area contributed by atoms with Gasteiger partial charge in [0.25, 0.3) is 0 Å². The molecule has 2 atom stereocenters. The maximum atomic E-state index is 9.84. The van der Waals surface area contributed by atoms with Gasteiger partial charge < -0.3 is 14.6 Å². The molecule has 2 aromatic rings. The van der Waals surface area contributed by atoms with Crippen molar-refractivity contribution in [1.82, 2.24) is 15.1 Å². The van der Waals surface area contributed by atoms with Crippen LogP contribution in [0.5, 0.6) is 11.5 Å². The Labute approximate surface area is 165 Å². The van der Waals surface area contributed by atoms with Gasteiger partial charge in [0.15, 0.2) is 0 Å². The van der Waals surface area contributed by atoms with Gasteiger partial charge in [-0.25, -0.2) is 0 Å². The lowest BCUT2D eigenvalue weighted by molar-refractivity contribution is -0.174. The van der Waals surface area contributed by atoms with Crippen LogP contribution in [0.2, 0.25) is 0 Å². The van der Waals surface area contributed by atoms with Gasteiger partial charge >= 0.3 is 0 Å². The average Bonchev–Trinajstić information content (AvgIpc) is 3.17. The van der Waals surface area contributed by atoms with Gasteiger partial charge in [0, 0.05) is 36.0 Å². The maximum Gasteiger partial charge on any atom is 0.129 e. The summed E-state index contributed by atoms with van der Waals surface area (Å²) in [5, 5.41) is 17.0. The molecule has 5 rings (SSSR count). The van der Waals surface area contributed by atoms with E-state index in [9.17, 15) is 5.11 Å². The third-order valence-electron chi connectivity index (χ3n) is 7.03. The SMILES string of the molecule is CC1(C)Oc2cc(O)ccc2[C@H]2OCC3(CCN(Cc4ccn[nH]4)CC3)C[C@@H]21. The number of phenols is 1. The number of ether oxygens (including phenoxy) is 2. The summed E-state index contributed by atoms with van der Waals surface area (Å²) in [6.45, 7) is 8.24. The van der Waals surface area contributed by atoms with Crippen molar-refractivity contribution >= 4 is 0 Å². The smallest absolute Gasteiger partial charge is 0.129 e. The Bertz CT molecular complexity index is 841. The number of piperidine rings is 1. The van der Waals surface area contributed by atoms with E-state index in [0.29, 0.717) is 5.92 Å². The number of aromatic hydroxyl groups is 1. The van der Waals surface area contributed by atoms with Crippen molar-refractivity contribution in [3.8, 4) is 11.5 Å². The first-order valence-electron chi connectivity index (χ1n) is 10.3. The summed E-state index contributed by atoms with van der Waals surface area (Å²) >= 11 is 0. The number of nitrogens with one attached hydrogen (secondary N) is 1. The van der Waals surface area contributed by atoms with Crippen molar-refractivity contribution in [2.24, 2.45) is 11.3 Å². The van der Waals surface area contributed by atoms with Crippen molar-refractivity contribution in [1.29, 1.82) is 0 Å². The molecule has 0 saturated carbocycles. The van der Waals surface area contributed by atoms with E-state index in [4.69, 9.17) is 9.47 Å². The highest BCUT2D eigenvalue weighted by atomic mass is 16.5. The van der Waals surface area contributed by atoms with Gasteiger partial charge in [0.2, 0.25) is 0 Å². The van der Waals surface area contributed by atoms with Gasteiger partial charge in [0.05, 0.1) is 12.7 Å². The van der Waals surface area contributed by atoms with Gasteiger partial charge in [-0.3, -0.25) is 10.00 Å². The largest absolute Gasteiger partial charge is 0.508 e. The lowest BCUT2D eigenvalue weighted by Gasteiger charge is -2.54. The van der Waals surface area contributed by atoms with Crippen molar-refractivity contribution in [2.75, 3.05) is 19.7 Å². The minimum Gasteiger partial charge on any atom is -0.508 e. The fraction of sp³-hybridized carbons (Fsp3) is 0.591. The second-order valence-electron chi connectivity index (χ2n) is 9.33. The predicted octanol–water partition coefficient (Wildman–Crippen LogP) is 3.65. The molecule has 2 saturated heterocycles. The number of rotatable bonds is 2. The van der Waals surface area contributed by atoms with Crippen LogP contribution < -0.4 is 4.74 Å². The number of hydrogen-bond acceptors (Lipinski definition) is 5. The molecule has 6 nitrogen and oxygen atoms in total. The highest BCUT2D eigenvalue weighted by Gasteiger charge is 2.52. The van der Waals surface area contributed by atoms with Gasteiger partial charge in [-0.15, -0.1) is 0 Å². The van der Waals surface area contributed by atoms with Crippen LogP contribution in [-0.2, 0) is 11.3 Å². The maximum absolute atomic E-state index is 9.84. The van der Waals surface area contributed by atoms with Crippen molar-refractivity contribution < 1.29 is 14.6 Å². The fourth-order valence-corrected chi connectivity index (χ4v) is 5.29. The summed E-state index contributed by atoms with van der Waals surface area (Å²) < 4.78 is 12.9. The van der Waals surface area contributed by atoms with Crippen molar-refractivity contribution in [2.45, 2.75) is 51.4 Å². The molecule has 3 aliphatic heterocycles. The molecule has 28 heavy (non-hydrogen) atoms. The average molecular weight is 383 g/mol. The van der Waals surface area contributed by atoms with Crippen LogP contribution in [0.4, 0.5) is 0 Å². The van der Waals surface area contributed by atoms with E-state index < -0.39 is 0 Å². The van der Waals surface area contributed by atoms with Gasteiger partial charge in [0.1, 0.15) is 17.1 Å². The van der Waals surface area contributed by atoms with Crippen LogP contribution in [0, 0.1) is 11.3 Å². The standard InChI is InChI=1S/C22H29N3O3/c1-21(2)18-12-22(6-9-25(10-7-22)13-15-5-8-23-24-15)14-27-20(18)17-4-3-16(26)11-19(17)28-21/h3-5,8,11,18,20,26H,6-7,9-10,12-14H2,1-2H3,(H,23,24)/t18-,20+/m0/s1. The Morgan fingerprint density at radius 3 is 2.82 bits per heavy atom. The zero-order chi connectivity index (χ0) is 19.4. The molecule has 150 valence electrons. The Kier molecular flexibility index (Phi) is 4.18. The molecule has 2 fully saturated rings. The summed E-state index contributed by atoms with van der Waals surface area (Å²) in [5.74, 6) is 1.32. The van der Waals surface area contributed by atoms with Gasteiger partial charge in [-0.05, 0) is 69.8 Å². The van der Waals surface area contributed by atoms with E-state index in [1.807, 2.05) is 12.3 Å². The highest BCUT2D eigenvalue weighted by Crippen LogP contribution is 2.55. The monoisotopic (exact) mass is 383 g/mol. The minimum absolute atomic E-state index is 0.0491. The van der Waals surface area contributed by atoms with Crippen LogP contribution >= 0.6 is 0 Å². The normalized spacial score (nSPS) is 28.4. The summed E-state index contributed by atoms with van der Waals surface area (Å²) in [7, 11) is 0. The number of aromatic nitrogens is 2. The van der Waals surface area contributed by atoms with Crippen LogP contribution in [-0.4, -0.2) is 45.5 Å². The molecular weight excluding hydrogens is 354 g/mol. The zero-order valence-corrected chi connectivity index (χ0v) is 16.6. The molecule has 2 N–H and O–H groups in total. The van der Waals surface area contributed by atoms with Crippen molar-refractivity contribution in [3.05, 3.63) is 41.7 Å². The van der Waals surface area contributed by atoms with E-state index in [-0.39, 0.29) is 22.9 Å². The summed E-state index contributed by atoms with van der Waals surface area (Å²) in [6.07, 6.45) is 5.31. The molecule has 1 aromatic heterocycles. The van der Waals surface area contributed by atoms with Gasteiger partial charge in [-0.1, -0.05) is 0 Å². The lowest BCUT2D eigenvalue weighted by Crippen LogP contribution is -2.54. The third kappa shape index (κ3) is 3.08. The van der Waals surface area contributed by atoms with Crippen molar-refractivity contribution in [3.63, 3.8) is 0 Å². The number of benzene rings is 1. The van der Waals surface area contributed by atoms with E-state index in [1.54, 1.807) is 12.1 Å². The summed E-state index contributed by atoms with van der Waals surface area (Å²) in [4.78, 5) is 2.51. The number of H-pyrrole nitrogens is 1. The zero-order valence-electron chi connectivity index (χ0n) is 16.6. The van der Waals surface area contributed by atoms with Crippen LogP contribution in [0.25, 0.3) is 0 Å². The second-order valence-corrected chi connectivity index (χ2v) is 9.33. The molecule has 4 heterocycles. The third-order valence-corrected chi connectivity index (χ3v) is 7.03. The molecule has 3 aliphatic rings. The highest BCUT2D eigenvalue weighted by molar-refractivity contribution is 5.44. The molecule has 0 aliphatic carbocycles. The molecule has 0 unspecified atom stereocenters. The molecule has 1 aromatic carbocycles. The second kappa shape index (κ2) is 6.49.